The second kappa shape index (κ2) is 3.70. The van der Waals surface area contributed by atoms with Gasteiger partial charge in [0.05, 0.1) is 0 Å². The highest BCUT2D eigenvalue weighted by atomic mass is 31.0. The molecule has 0 fully saturated rings. The Hall–Kier alpha value is -0.290. The summed E-state index contributed by atoms with van der Waals surface area (Å²) in [6, 6.07) is 4.29. The van der Waals surface area contributed by atoms with Crippen LogP contribution in [0.15, 0.2) is 18.3 Å². The van der Waals surface area contributed by atoms with E-state index in [2.05, 4.69) is 62.8 Å². The number of nitrogens with zero attached hydrogens (tertiary/aromatic N) is 1. The first-order valence-electron chi connectivity index (χ1n) is 4.97. The van der Waals surface area contributed by atoms with Gasteiger partial charge in [-0.15, -0.1) is 9.24 Å². The van der Waals surface area contributed by atoms with Crippen molar-refractivity contribution in [1.82, 2.24) is 4.98 Å². The van der Waals surface area contributed by atoms with Crippen LogP contribution in [0.2, 0.25) is 0 Å². The fraction of sp³-hybridized carbons (Fsp3) is 0.500. The third kappa shape index (κ3) is 2.85. The minimum Gasteiger partial charge on any atom is -0.262 e. The Morgan fingerprint density at radius 1 is 1.21 bits per heavy atom. The first-order valence-corrected chi connectivity index (χ1v) is 5.55. The van der Waals surface area contributed by atoms with Crippen molar-refractivity contribution in [2.75, 3.05) is 0 Å². The molecule has 14 heavy (non-hydrogen) atoms. The maximum absolute atomic E-state index is 4.50. The molecular formula is C10H18B2NP. The van der Waals surface area contributed by atoms with Crippen LogP contribution in [0.1, 0.15) is 32.0 Å². The van der Waals surface area contributed by atoms with Gasteiger partial charge >= 0.3 is 0 Å². The summed E-state index contributed by atoms with van der Waals surface area (Å²) in [5, 5.41) is 0. The standard InChI is InChI=1S/C10H18B2NP/c1-9(2,3)7-4-5-8(13-6-7)10(11,12)14/h4-6H,11-12,14H2,1-3H3. The van der Waals surface area contributed by atoms with Crippen LogP contribution in [-0.2, 0) is 10.4 Å². The first kappa shape index (κ1) is 11.8. The van der Waals surface area contributed by atoms with Crippen LogP contribution >= 0.6 is 9.24 Å². The Morgan fingerprint density at radius 2 is 1.79 bits per heavy atom. The fourth-order valence-electron chi connectivity index (χ4n) is 1.22. The van der Waals surface area contributed by atoms with E-state index in [9.17, 15) is 0 Å². The van der Waals surface area contributed by atoms with Gasteiger partial charge < -0.3 is 0 Å². The molecule has 1 atom stereocenters. The molecule has 0 bridgehead atoms. The van der Waals surface area contributed by atoms with E-state index in [1.54, 1.807) is 0 Å². The van der Waals surface area contributed by atoms with E-state index in [1.807, 2.05) is 6.20 Å². The van der Waals surface area contributed by atoms with Gasteiger partial charge in [0.1, 0.15) is 15.7 Å². The van der Waals surface area contributed by atoms with Crippen LogP contribution in [0.3, 0.4) is 0 Å². The van der Waals surface area contributed by atoms with Crippen molar-refractivity contribution in [3.8, 4) is 0 Å². The van der Waals surface area contributed by atoms with Crippen LogP contribution in [-0.4, -0.2) is 20.7 Å². The van der Waals surface area contributed by atoms with Gasteiger partial charge in [-0.3, -0.25) is 4.98 Å². The number of hydrogen-bond donors (Lipinski definition) is 0. The third-order valence-electron chi connectivity index (χ3n) is 2.29. The van der Waals surface area contributed by atoms with Crippen molar-refractivity contribution >= 4 is 24.9 Å². The lowest BCUT2D eigenvalue weighted by Crippen LogP contribution is -2.20. The molecule has 0 N–H and O–H groups in total. The molecule has 0 aliphatic carbocycles. The van der Waals surface area contributed by atoms with E-state index in [4.69, 9.17) is 0 Å². The molecule has 74 valence electrons. The van der Waals surface area contributed by atoms with Gasteiger partial charge in [0.15, 0.2) is 0 Å². The molecule has 1 aromatic heterocycles. The predicted octanol–water partition coefficient (Wildman–Crippen LogP) is 0.631. The molecule has 0 amide bonds. The normalized spacial score (nSPS) is 12.9. The molecule has 1 heterocycles. The highest BCUT2D eigenvalue weighted by Gasteiger charge is 2.18. The van der Waals surface area contributed by atoms with Gasteiger partial charge in [0.2, 0.25) is 0 Å². The highest BCUT2D eigenvalue weighted by molar-refractivity contribution is 7.25. The Morgan fingerprint density at radius 3 is 2.07 bits per heavy atom. The fourth-order valence-corrected chi connectivity index (χ4v) is 1.39. The summed E-state index contributed by atoms with van der Waals surface area (Å²) in [5.74, 6) is 0. The van der Waals surface area contributed by atoms with Crippen molar-refractivity contribution < 1.29 is 0 Å². The van der Waals surface area contributed by atoms with Crippen LogP contribution in [0.4, 0.5) is 0 Å². The molecule has 4 heteroatoms. The molecule has 0 aliphatic heterocycles. The molecule has 1 rings (SSSR count). The number of hydrogen-bond acceptors (Lipinski definition) is 1. The average Bonchev–Trinajstić information content (AvgIpc) is 2.01. The van der Waals surface area contributed by atoms with Crippen molar-refractivity contribution in [1.29, 1.82) is 0 Å². The predicted molar refractivity (Wildman–Crippen MR) is 71.4 cm³/mol. The maximum Gasteiger partial charge on any atom is 0.111 e. The summed E-state index contributed by atoms with van der Waals surface area (Å²) < 4.78 is 0. The first-order chi connectivity index (χ1) is 6.21. The monoisotopic (exact) mass is 205 g/mol. The van der Waals surface area contributed by atoms with E-state index >= 15 is 0 Å². The Labute approximate surface area is 91.1 Å². The molecule has 0 aliphatic rings. The van der Waals surface area contributed by atoms with Gasteiger partial charge in [0.25, 0.3) is 0 Å². The van der Waals surface area contributed by atoms with Crippen molar-refractivity contribution in [2.45, 2.75) is 31.1 Å². The van der Waals surface area contributed by atoms with Crippen molar-refractivity contribution in [3.05, 3.63) is 29.6 Å². The summed E-state index contributed by atoms with van der Waals surface area (Å²) in [6.07, 6.45) is 1.99. The van der Waals surface area contributed by atoms with Gasteiger partial charge in [-0.1, -0.05) is 26.8 Å². The second-order valence-corrected chi connectivity index (χ2v) is 6.85. The lowest BCUT2D eigenvalue weighted by atomic mass is 9.67. The molecule has 1 unspecified atom stereocenters. The highest BCUT2D eigenvalue weighted by Crippen LogP contribution is 2.25. The van der Waals surface area contributed by atoms with Crippen molar-refractivity contribution in [3.63, 3.8) is 0 Å². The summed E-state index contributed by atoms with van der Waals surface area (Å²) >= 11 is 0. The van der Waals surface area contributed by atoms with Gasteiger partial charge in [-0.25, -0.2) is 0 Å². The van der Waals surface area contributed by atoms with E-state index in [0.717, 1.165) is 5.69 Å². The largest absolute Gasteiger partial charge is 0.262 e. The van der Waals surface area contributed by atoms with Crippen LogP contribution in [0, 0.1) is 0 Å². The molecule has 0 radical (unpaired) electrons. The molecule has 0 aromatic carbocycles. The van der Waals surface area contributed by atoms with Crippen LogP contribution in [0.25, 0.3) is 0 Å². The van der Waals surface area contributed by atoms with E-state index in [-0.39, 0.29) is 10.4 Å². The maximum atomic E-state index is 4.50. The zero-order valence-electron chi connectivity index (χ0n) is 9.76. The minimum absolute atomic E-state index is 0.0659. The van der Waals surface area contributed by atoms with E-state index in [0.29, 0.717) is 0 Å². The topological polar surface area (TPSA) is 12.9 Å². The number of pyridine rings is 1. The van der Waals surface area contributed by atoms with Gasteiger partial charge in [-0.05, 0) is 22.0 Å². The van der Waals surface area contributed by atoms with Crippen LogP contribution < -0.4 is 0 Å². The van der Waals surface area contributed by atoms with Crippen LogP contribution in [0.5, 0.6) is 0 Å². The quantitative estimate of drug-likeness (QED) is 0.483. The SMILES string of the molecule is BC(B)(P)c1ccc(C(C)(C)C)cn1. The van der Waals surface area contributed by atoms with E-state index < -0.39 is 0 Å². The molecule has 1 aromatic rings. The zero-order chi connectivity index (χ0) is 11.0. The zero-order valence-corrected chi connectivity index (χ0v) is 10.9. The molecule has 0 saturated heterocycles. The Balaban J connectivity index is 3.02. The molecule has 1 nitrogen and oxygen atoms in total. The van der Waals surface area contributed by atoms with E-state index in [1.165, 1.54) is 5.56 Å². The Kier molecular flexibility index (Phi) is 3.11. The average molecular weight is 205 g/mol. The molecule has 0 spiro atoms. The minimum atomic E-state index is 0.0659. The summed E-state index contributed by atoms with van der Waals surface area (Å²) in [6.45, 7) is 6.61. The van der Waals surface area contributed by atoms with Gasteiger partial charge in [0, 0.05) is 11.9 Å². The smallest absolute Gasteiger partial charge is 0.111 e. The number of rotatable bonds is 1. The second-order valence-electron chi connectivity index (χ2n) is 5.40. The third-order valence-corrected chi connectivity index (χ3v) is 2.59. The van der Waals surface area contributed by atoms with Gasteiger partial charge in [-0.2, -0.15) is 0 Å². The number of aromatic nitrogens is 1. The Bertz CT molecular complexity index is 275. The van der Waals surface area contributed by atoms with Crippen molar-refractivity contribution in [2.24, 2.45) is 0 Å². The molecular weight excluding hydrogens is 187 g/mol. The summed E-state index contributed by atoms with van der Waals surface area (Å²) in [5.41, 5.74) is 2.60. The lowest BCUT2D eigenvalue weighted by Gasteiger charge is -2.21. The summed E-state index contributed by atoms with van der Waals surface area (Å²) in [7, 11) is 7.11. The summed E-state index contributed by atoms with van der Waals surface area (Å²) in [4.78, 5) is 4.56. The lowest BCUT2D eigenvalue weighted by molar-refractivity contribution is 0.586. The molecule has 0 saturated carbocycles.